The molecule has 0 aromatic rings. The summed E-state index contributed by atoms with van der Waals surface area (Å²) >= 11 is 1.84. The van der Waals surface area contributed by atoms with Crippen LogP contribution in [0.15, 0.2) is 4.99 Å². The Kier molecular flexibility index (Phi) is 6.11. The van der Waals surface area contributed by atoms with Gasteiger partial charge in [-0.15, -0.1) is 24.2 Å². The van der Waals surface area contributed by atoms with Crippen LogP contribution in [0.25, 0.3) is 0 Å². The normalized spacial score (nSPS) is 35.8. The summed E-state index contributed by atoms with van der Waals surface area (Å²) in [4.78, 5) is 9.66. The zero-order chi connectivity index (χ0) is 10.7. The van der Waals surface area contributed by atoms with Gasteiger partial charge in [-0.05, 0) is 18.3 Å². The Balaban J connectivity index is 0.00000128. The molecule has 0 aromatic heterocycles. The number of hydrogen-bond donors (Lipinski definition) is 1. The van der Waals surface area contributed by atoms with E-state index in [0.29, 0.717) is 5.92 Å². The summed E-state index contributed by atoms with van der Waals surface area (Å²) in [5, 5.41) is 0.237. The minimum atomic E-state index is 0. The molecule has 1 aliphatic heterocycles. The molecule has 1 saturated carbocycles. The molecule has 2 N–H and O–H groups in total. The van der Waals surface area contributed by atoms with Gasteiger partial charge >= 0.3 is 0 Å². The van der Waals surface area contributed by atoms with Crippen molar-refractivity contribution < 1.29 is 4.84 Å². The molecule has 4 unspecified atom stereocenters. The molecule has 1 aliphatic carbocycles. The van der Waals surface area contributed by atoms with Crippen LogP contribution >= 0.6 is 24.2 Å². The summed E-state index contributed by atoms with van der Waals surface area (Å²) in [6, 6.07) is 0. The lowest BCUT2D eigenvalue weighted by Gasteiger charge is -2.35. The van der Waals surface area contributed by atoms with Gasteiger partial charge in [-0.25, -0.2) is 5.90 Å². The van der Waals surface area contributed by atoms with Crippen LogP contribution in [-0.4, -0.2) is 23.4 Å². The molecule has 0 amide bonds. The van der Waals surface area contributed by atoms with Gasteiger partial charge in [0.05, 0.1) is 0 Å². The summed E-state index contributed by atoms with van der Waals surface area (Å²) in [6.07, 6.45) is 7.33. The van der Waals surface area contributed by atoms with Gasteiger partial charge in [-0.3, -0.25) is 9.83 Å². The third-order valence-corrected chi connectivity index (χ3v) is 4.70. The maximum atomic E-state index is 5.46. The molecule has 5 heteroatoms. The monoisotopic (exact) mass is 264 g/mol. The Morgan fingerprint density at radius 2 is 2.19 bits per heavy atom. The van der Waals surface area contributed by atoms with Crippen molar-refractivity contribution in [2.24, 2.45) is 22.7 Å². The number of nitrogens with two attached hydrogens (primary N) is 1. The van der Waals surface area contributed by atoms with Crippen LogP contribution in [0.2, 0.25) is 0 Å². The van der Waals surface area contributed by atoms with Gasteiger partial charge in [0.25, 0.3) is 0 Å². The molecule has 1 heterocycles. The van der Waals surface area contributed by atoms with Crippen molar-refractivity contribution in [3.63, 3.8) is 0 Å². The fourth-order valence-corrected chi connectivity index (χ4v) is 3.72. The number of halogens is 1. The first-order chi connectivity index (χ1) is 7.33. The van der Waals surface area contributed by atoms with Gasteiger partial charge in [-0.1, -0.05) is 26.2 Å². The third-order valence-electron chi connectivity index (χ3n) is 3.63. The smallest absolute Gasteiger partial charge is 0.124 e. The minimum absolute atomic E-state index is 0. The Bertz CT molecular complexity index is 240. The quantitative estimate of drug-likeness (QED) is 0.798. The number of aliphatic imine (C=N–C) groups is 1. The first kappa shape index (κ1) is 14.3. The van der Waals surface area contributed by atoms with E-state index in [4.69, 9.17) is 10.7 Å². The van der Waals surface area contributed by atoms with Crippen LogP contribution in [0, 0.1) is 11.8 Å². The highest BCUT2D eigenvalue weighted by atomic mass is 35.5. The van der Waals surface area contributed by atoms with E-state index in [1.165, 1.54) is 25.7 Å². The van der Waals surface area contributed by atoms with Crippen LogP contribution in [0.4, 0.5) is 0 Å². The van der Waals surface area contributed by atoms with E-state index < -0.39 is 0 Å². The van der Waals surface area contributed by atoms with E-state index in [1.807, 2.05) is 18.0 Å². The molecule has 2 rings (SSSR count). The van der Waals surface area contributed by atoms with E-state index in [9.17, 15) is 0 Å². The topological polar surface area (TPSA) is 47.6 Å². The predicted molar refractivity (Wildman–Crippen MR) is 72.2 cm³/mol. The fraction of sp³-hybridized carbons (Fsp3) is 0.909. The molecule has 2 aliphatic rings. The predicted octanol–water partition coefficient (Wildman–Crippen LogP) is 2.64. The highest BCUT2D eigenvalue weighted by molar-refractivity contribution is 8.00. The van der Waals surface area contributed by atoms with Crippen molar-refractivity contribution in [3.8, 4) is 0 Å². The maximum Gasteiger partial charge on any atom is 0.124 e. The molecule has 16 heavy (non-hydrogen) atoms. The second-order valence-electron chi connectivity index (χ2n) is 4.58. The molecular formula is C11H21ClN2OS. The Morgan fingerprint density at radius 1 is 1.44 bits per heavy atom. The zero-order valence-electron chi connectivity index (χ0n) is 9.67. The zero-order valence-corrected chi connectivity index (χ0v) is 11.3. The Labute approximate surface area is 108 Å². The van der Waals surface area contributed by atoms with Crippen LogP contribution in [-0.2, 0) is 4.84 Å². The van der Waals surface area contributed by atoms with Crippen molar-refractivity contribution in [3.05, 3.63) is 0 Å². The summed E-state index contributed by atoms with van der Waals surface area (Å²) in [7, 11) is 0. The summed E-state index contributed by atoms with van der Waals surface area (Å²) in [5.41, 5.74) is 0. The molecule has 4 atom stereocenters. The van der Waals surface area contributed by atoms with Crippen molar-refractivity contribution in [1.82, 2.24) is 0 Å². The van der Waals surface area contributed by atoms with Gasteiger partial charge in [0.2, 0.25) is 0 Å². The molecule has 0 bridgehead atoms. The van der Waals surface area contributed by atoms with Crippen molar-refractivity contribution in [2.45, 2.75) is 44.1 Å². The van der Waals surface area contributed by atoms with Gasteiger partial charge in [0.1, 0.15) is 11.5 Å². The number of thioether (sulfide) groups is 1. The van der Waals surface area contributed by atoms with E-state index in [1.54, 1.807) is 0 Å². The number of rotatable bonds is 3. The minimum Gasteiger partial charge on any atom is -0.298 e. The van der Waals surface area contributed by atoms with Gasteiger partial charge in [0, 0.05) is 12.0 Å². The van der Waals surface area contributed by atoms with E-state index in [-0.39, 0.29) is 23.9 Å². The van der Waals surface area contributed by atoms with Gasteiger partial charge < -0.3 is 0 Å². The largest absolute Gasteiger partial charge is 0.298 e. The Hall–Kier alpha value is 0.230. The number of nitrogens with zero attached hydrogens (tertiary/aromatic N) is 1. The molecule has 3 nitrogen and oxygen atoms in total. The second kappa shape index (κ2) is 6.84. The maximum absolute atomic E-state index is 5.46. The molecule has 0 aromatic carbocycles. The van der Waals surface area contributed by atoms with Crippen LogP contribution in [0.1, 0.15) is 32.6 Å². The van der Waals surface area contributed by atoms with Crippen LogP contribution in [0.3, 0.4) is 0 Å². The fourth-order valence-electron chi connectivity index (χ4n) is 2.72. The summed E-state index contributed by atoms with van der Waals surface area (Å²) < 4.78 is 0. The lowest BCUT2D eigenvalue weighted by molar-refractivity contribution is -0.0182. The lowest BCUT2D eigenvalue weighted by atomic mass is 9.77. The average molecular weight is 265 g/mol. The molecule has 0 radical (unpaired) electrons. The van der Waals surface area contributed by atoms with Crippen molar-refractivity contribution in [2.75, 3.05) is 5.75 Å². The average Bonchev–Trinajstić information content (AvgIpc) is 2.75. The number of hydrogen-bond acceptors (Lipinski definition) is 4. The van der Waals surface area contributed by atoms with Crippen LogP contribution in [0.5, 0.6) is 0 Å². The SMILES string of the molecule is CC1CCCCC1C(ON)C1N=CCS1.Cl. The van der Waals surface area contributed by atoms with Crippen LogP contribution < -0.4 is 5.90 Å². The highest BCUT2D eigenvalue weighted by Gasteiger charge is 2.36. The molecule has 1 fully saturated rings. The highest BCUT2D eigenvalue weighted by Crippen LogP contribution is 2.37. The van der Waals surface area contributed by atoms with Crippen molar-refractivity contribution >= 4 is 30.4 Å². The standard InChI is InChI=1S/C11H20N2OS.ClH/c1-8-4-2-3-5-9(8)10(14-12)11-13-6-7-15-11;/h6,8-11H,2-5,7,12H2,1H3;1H. The molecule has 0 spiro atoms. The first-order valence-electron chi connectivity index (χ1n) is 5.81. The summed E-state index contributed by atoms with van der Waals surface area (Å²) in [6.45, 7) is 2.32. The molecule has 94 valence electrons. The second-order valence-corrected chi connectivity index (χ2v) is 5.73. The summed E-state index contributed by atoms with van der Waals surface area (Å²) in [5.74, 6) is 7.78. The third kappa shape index (κ3) is 3.13. The molecular weight excluding hydrogens is 244 g/mol. The lowest BCUT2D eigenvalue weighted by Crippen LogP contribution is -2.39. The molecule has 0 saturated heterocycles. The van der Waals surface area contributed by atoms with Gasteiger partial charge in [-0.2, -0.15) is 0 Å². The van der Waals surface area contributed by atoms with E-state index in [0.717, 1.165) is 11.7 Å². The van der Waals surface area contributed by atoms with E-state index >= 15 is 0 Å². The van der Waals surface area contributed by atoms with Gasteiger partial charge in [0.15, 0.2) is 0 Å². The van der Waals surface area contributed by atoms with E-state index in [2.05, 4.69) is 11.9 Å². The van der Waals surface area contributed by atoms with Crippen molar-refractivity contribution in [1.29, 1.82) is 0 Å². The first-order valence-corrected chi connectivity index (χ1v) is 6.86. The Morgan fingerprint density at radius 3 is 2.75 bits per heavy atom.